The molecule has 1 aromatic heterocycles. The number of carboxylic acid groups (broad SMARTS) is 1. The number of aromatic nitrogens is 2. The highest BCUT2D eigenvalue weighted by Gasteiger charge is 2.46. The molecule has 200 valence electrons. The molecule has 0 atom stereocenters. The van der Waals surface area contributed by atoms with Crippen LogP contribution in [0, 0.1) is 5.92 Å². The lowest BCUT2D eigenvalue weighted by atomic mass is 9.72. The summed E-state index contributed by atoms with van der Waals surface area (Å²) in [5, 5.41) is 12.1. The van der Waals surface area contributed by atoms with Gasteiger partial charge in [0.15, 0.2) is 11.5 Å². The second-order valence-corrected chi connectivity index (χ2v) is 10.3. The molecule has 1 saturated heterocycles. The predicted molar refractivity (Wildman–Crippen MR) is 124 cm³/mol. The van der Waals surface area contributed by atoms with Crippen molar-refractivity contribution in [2.24, 2.45) is 5.92 Å². The molecule has 12 heteroatoms. The molecular formula is C25H29F3N4O5. The van der Waals surface area contributed by atoms with Crippen LogP contribution >= 0.6 is 0 Å². The largest absolute Gasteiger partial charge is 0.490 e. The molecule has 1 N–H and O–H groups in total. The number of carbonyl (C=O) groups excluding carboxylic acids is 1. The van der Waals surface area contributed by atoms with Crippen molar-refractivity contribution in [2.45, 2.75) is 50.4 Å². The van der Waals surface area contributed by atoms with Crippen molar-refractivity contribution in [3.63, 3.8) is 0 Å². The minimum Gasteiger partial charge on any atom is -0.475 e. The highest BCUT2D eigenvalue weighted by atomic mass is 19.4. The third-order valence-electron chi connectivity index (χ3n) is 7.42. The van der Waals surface area contributed by atoms with Crippen LogP contribution in [-0.4, -0.2) is 76.2 Å². The minimum absolute atomic E-state index is 0.0157. The second kappa shape index (κ2) is 9.55. The zero-order chi connectivity index (χ0) is 26.4. The van der Waals surface area contributed by atoms with Gasteiger partial charge in [0.05, 0.1) is 11.3 Å². The Morgan fingerprint density at radius 2 is 1.86 bits per heavy atom. The van der Waals surface area contributed by atoms with Gasteiger partial charge in [-0.1, -0.05) is 6.07 Å². The van der Waals surface area contributed by atoms with Crippen LogP contribution in [0.5, 0.6) is 11.5 Å². The molecule has 3 aliphatic heterocycles. The van der Waals surface area contributed by atoms with Gasteiger partial charge in [0.1, 0.15) is 0 Å². The van der Waals surface area contributed by atoms with Crippen molar-refractivity contribution < 1.29 is 37.3 Å². The van der Waals surface area contributed by atoms with Crippen molar-refractivity contribution in [3.05, 3.63) is 41.2 Å². The average Bonchev–Trinajstić information content (AvgIpc) is 3.35. The number of hydrogen-bond donors (Lipinski definition) is 1. The summed E-state index contributed by atoms with van der Waals surface area (Å²) in [6, 6.07) is 6.23. The summed E-state index contributed by atoms with van der Waals surface area (Å²) >= 11 is 0. The van der Waals surface area contributed by atoms with Crippen LogP contribution in [0.3, 0.4) is 0 Å². The van der Waals surface area contributed by atoms with E-state index in [1.165, 1.54) is 18.4 Å². The van der Waals surface area contributed by atoms with E-state index in [1.807, 2.05) is 28.9 Å². The van der Waals surface area contributed by atoms with Gasteiger partial charge in [0.25, 0.3) is 5.91 Å². The number of likely N-dealkylation sites (tertiary alicyclic amines) is 1. The number of ether oxygens (including phenoxy) is 2. The monoisotopic (exact) mass is 522 g/mol. The lowest BCUT2D eigenvalue weighted by Gasteiger charge is -2.45. The van der Waals surface area contributed by atoms with Crippen LogP contribution in [0.4, 0.5) is 13.2 Å². The maximum Gasteiger partial charge on any atom is 0.490 e. The zero-order valence-corrected chi connectivity index (χ0v) is 20.5. The van der Waals surface area contributed by atoms with Crippen LogP contribution in [0.15, 0.2) is 24.4 Å². The van der Waals surface area contributed by atoms with E-state index >= 15 is 0 Å². The number of hydrogen-bond acceptors (Lipinski definition) is 6. The van der Waals surface area contributed by atoms with Gasteiger partial charge in [0, 0.05) is 38.3 Å². The third-order valence-corrected chi connectivity index (χ3v) is 7.42. The Bertz CT molecular complexity index is 1190. The van der Waals surface area contributed by atoms with Crippen LogP contribution in [-0.2, 0) is 23.3 Å². The normalized spacial score (nSPS) is 20.4. The van der Waals surface area contributed by atoms with Gasteiger partial charge in [-0.05, 0) is 62.4 Å². The maximum atomic E-state index is 12.8. The minimum atomic E-state index is -5.08. The van der Waals surface area contributed by atoms with Crippen molar-refractivity contribution in [2.75, 3.05) is 33.5 Å². The molecule has 6 rings (SSSR count). The Labute approximate surface area is 211 Å². The molecule has 1 aliphatic carbocycles. The molecule has 2 aromatic rings. The molecule has 2 fully saturated rings. The SMILES string of the molecule is CN1CC2(CCN(Cc3ccc4c(c3)OCO4)CC2)c2nn(CC3CC3)cc2C1=O.O=C(O)C(F)(F)F. The van der Waals surface area contributed by atoms with Gasteiger partial charge < -0.3 is 19.5 Å². The van der Waals surface area contributed by atoms with Crippen LogP contribution in [0.25, 0.3) is 0 Å². The Morgan fingerprint density at radius 1 is 1.19 bits per heavy atom. The number of nitrogens with zero attached hydrogens (tertiary/aromatic N) is 4. The van der Waals surface area contributed by atoms with E-state index in [-0.39, 0.29) is 11.3 Å². The fraction of sp³-hybridized carbons (Fsp3) is 0.560. The van der Waals surface area contributed by atoms with E-state index in [4.69, 9.17) is 24.5 Å². The first-order valence-electron chi connectivity index (χ1n) is 12.3. The molecule has 1 spiro atoms. The van der Waals surface area contributed by atoms with Crippen LogP contribution in [0.2, 0.25) is 0 Å². The van der Waals surface area contributed by atoms with Crippen molar-refractivity contribution in [1.29, 1.82) is 0 Å². The molecule has 1 saturated carbocycles. The van der Waals surface area contributed by atoms with Gasteiger partial charge in [0.2, 0.25) is 6.79 Å². The second-order valence-electron chi connectivity index (χ2n) is 10.3. The number of rotatable bonds is 4. The first kappa shape index (κ1) is 25.4. The molecular weight excluding hydrogens is 493 g/mol. The van der Waals surface area contributed by atoms with Crippen LogP contribution < -0.4 is 9.47 Å². The van der Waals surface area contributed by atoms with Gasteiger partial charge in [-0.15, -0.1) is 0 Å². The average molecular weight is 523 g/mol. The molecule has 4 heterocycles. The number of amides is 1. The van der Waals surface area contributed by atoms with Gasteiger partial charge in [-0.2, -0.15) is 18.3 Å². The fourth-order valence-electron chi connectivity index (χ4n) is 5.27. The zero-order valence-electron chi connectivity index (χ0n) is 20.5. The Kier molecular flexibility index (Phi) is 6.55. The summed E-state index contributed by atoms with van der Waals surface area (Å²) in [5.74, 6) is -0.202. The smallest absolute Gasteiger partial charge is 0.475 e. The van der Waals surface area contributed by atoms with Gasteiger partial charge in [-0.3, -0.25) is 14.4 Å². The number of piperidine rings is 1. The summed E-state index contributed by atoms with van der Waals surface area (Å²) in [6.07, 6.45) is 1.56. The number of fused-ring (bicyclic) bond motifs is 3. The molecule has 4 aliphatic rings. The topological polar surface area (TPSA) is 97.1 Å². The van der Waals surface area contributed by atoms with E-state index in [0.717, 1.165) is 74.2 Å². The summed E-state index contributed by atoms with van der Waals surface area (Å²) in [5.41, 5.74) is 3.11. The summed E-state index contributed by atoms with van der Waals surface area (Å²) < 4.78 is 44.7. The van der Waals surface area contributed by atoms with Gasteiger partial charge >= 0.3 is 12.1 Å². The maximum absolute atomic E-state index is 12.8. The van der Waals surface area contributed by atoms with E-state index in [0.29, 0.717) is 6.79 Å². The number of halogens is 3. The molecule has 9 nitrogen and oxygen atoms in total. The van der Waals surface area contributed by atoms with E-state index < -0.39 is 12.1 Å². The third kappa shape index (κ3) is 5.39. The Hall–Kier alpha value is -3.28. The highest BCUT2D eigenvalue weighted by molar-refractivity contribution is 5.96. The lowest BCUT2D eigenvalue weighted by Crippen LogP contribution is -2.53. The number of alkyl halides is 3. The Morgan fingerprint density at radius 3 is 2.51 bits per heavy atom. The van der Waals surface area contributed by atoms with Crippen molar-refractivity contribution in [1.82, 2.24) is 19.6 Å². The standard InChI is InChI=1S/C23H28N4O3.C2HF3O2/c1-25-14-23(21-18(22(25)28)13-27(24-21)12-16-2-3-16)6-8-26(9-7-23)11-17-4-5-19-20(10-17)30-15-29-19;3-2(4,5)1(6)7/h4-5,10,13,16H,2-3,6-9,11-12,14-15H2,1H3;(H,6,7). The molecule has 0 unspecified atom stereocenters. The van der Waals surface area contributed by atoms with Crippen molar-refractivity contribution >= 4 is 11.9 Å². The fourth-order valence-corrected chi connectivity index (χ4v) is 5.27. The highest BCUT2D eigenvalue weighted by Crippen LogP contribution is 2.42. The summed E-state index contributed by atoms with van der Waals surface area (Å²) in [6.45, 7) is 4.96. The summed E-state index contributed by atoms with van der Waals surface area (Å²) in [7, 11) is 1.93. The quantitative estimate of drug-likeness (QED) is 0.658. The van der Waals surface area contributed by atoms with Gasteiger partial charge in [-0.25, -0.2) is 4.79 Å². The van der Waals surface area contributed by atoms with E-state index in [2.05, 4.69) is 17.0 Å². The number of likely N-dealkylation sites (N-methyl/N-ethyl adjacent to an activating group) is 1. The number of benzene rings is 1. The molecule has 1 amide bonds. The molecule has 1 aromatic carbocycles. The van der Waals surface area contributed by atoms with E-state index in [1.54, 1.807) is 0 Å². The summed E-state index contributed by atoms with van der Waals surface area (Å²) in [4.78, 5) is 26.1. The number of carboxylic acids is 1. The first-order valence-corrected chi connectivity index (χ1v) is 12.3. The molecule has 0 radical (unpaired) electrons. The van der Waals surface area contributed by atoms with Crippen molar-refractivity contribution in [3.8, 4) is 11.5 Å². The number of carbonyl (C=O) groups is 2. The van der Waals surface area contributed by atoms with Crippen LogP contribution in [0.1, 0.15) is 47.3 Å². The first-order chi connectivity index (χ1) is 17.5. The predicted octanol–water partition coefficient (Wildman–Crippen LogP) is 3.27. The Balaban J connectivity index is 0.000000355. The number of aliphatic carboxylic acids is 1. The van der Waals surface area contributed by atoms with E-state index in [9.17, 15) is 18.0 Å². The molecule has 0 bridgehead atoms. The molecule has 37 heavy (non-hydrogen) atoms. The lowest BCUT2D eigenvalue weighted by molar-refractivity contribution is -0.192.